The van der Waals surface area contributed by atoms with Crippen LogP contribution in [0.25, 0.3) is 5.65 Å². The van der Waals surface area contributed by atoms with E-state index in [1.54, 1.807) is 16.7 Å². The van der Waals surface area contributed by atoms with Crippen LogP contribution < -0.4 is 10.9 Å². The Morgan fingerprint density at radius 3 is 2.90 bits per heavy atom. The Bertz CT molecular complexity index is 646. The molecule has 0 spiro atoms. The number of hydrogen-bond donors (Lipinski definition) is 1. The summed E-state index contributed by atoms with van der Waals surface area (Å²) < 4.78 is 1.57. The Labute approximate surface area is 124 Å². The summed E-state index contributed by atoms with van der Waals surface area (Å²) in [4.78, 5) is 19.0. The largest absolute Gasteiger partial charge is 0.310 e. The zero-order valence-electron chi connectivity index (χ0n) is 12.3. The minimum atomic E-state index is -0.0200. The van der Waals surface area contributed by atoms with Crippen LogP contribution in [0.3, 0.4) is 0 Å². The van der Waals surface area contributed by atoms with E-state index in [-0.39, 0.29) is 5.56 Å². The van der Waals surface area contributed by atoms with Gasteiger partial charge in [-0.2, -0.15) is 0 Å². The van der Waals surface area contributed by atoms with Crippen LogP contribution in [0.4, 0.5) is 0 Å². The van der Waals surface area contributed by atoms with E-state index in [0.29, 0.717) is 12.2 Å². The smallest absolute Gasteiger partial charge is 0.258 e. The first kappa shape index (κ1) is 14.2. The molecule has 0 aromatic carbocycles. The number of fused-ring (bicyclic) bond motifs is 1. The summed E-state index contributed by atoms with van der Waals surface area (Å²) in [6.07, 6.45) is 5.76. The Morgan fingerprint density at radius 1 is 1.19 bits per heavy atom. The molecule has 1 N–H and O–H groups in total. The van der Waals surface area contributed by atoms with E-state index in [4.69, 9.17) is 0 Å². The Hall–Kier alpha value is -1.72. The second-order valence-electron chi connectivity index (χ2n) is 5.59. The lowest BCUT2D eigenvalue weighted by atomic mass is 10.1. The standard InChI is InChI=1S/C16H22N4O/c21-16-12-14(18-15-6-2-5-10-20(15)16)13-17-7-11-19-8-3-1-4-9-19/h2,5-6,10,12,17H,1,3-4,7-9,11,13H2. The number of nitrogens with one attached hydrogen (secondary N) is 1. The molecule has 2 aromatic rings. The molecule has 2 aromatic heterocycles. The first-order valence-corrected chi connectivity index (χ1v) is 7.73. The average molecular weight is 286 g/mol. The van der Waals surface area contributed by atoms with Crippen LogP contribution >= 0.6 is 0 Å². The molecule has 112 valence electrons. The SMILES string of the molecule is O=c1cc(CNCCN2CCCCC2)nc2ccccn12. The van der Waals surface area contributed by atoms with Gasteiger partial charge < -0.3 is 10.2 Å². The molecule has 0 atom stereocenters. The molecule has 3 heterocycles. The van der Waals surface area contributed by atoms with Gasteiger partial charge >= 0.3 is 0 Å². The second-order valence-corrected chi connectivity index (χ2v) is 5.59. The van der Waals surface area contributed by atoms with E-state index in [2.05, 4.69) is 15.2 Å². The average Bonchev–Trinajstić information content (AvgIpc) is 2.53. The Morgan fingerprint density at radius 2 is 2.05 bits per heavy atom. The van der Waals surface area contributed by atoms with Gasteiger partial charge in [0, 0.05) is 31.9 Å². The van der Waals surface area contributed by atoms with Crippen molar-refractivity contribution in [2.75, 3.05) is 26.2 Å². The molecule has 1 aliphatic heterocycles. The van der Waals surface area contributed by atoms with Crippen molar-refractivity contribution in [3.05, 3.63) is 46.5 Å². The summed E-state index contributed by atoms with van der Waals surface area (Å²) in [7, 11) is 0. The van der Waals surface area contributed by atoms with Crippen molar-refractivity contribution in [1.82, 2.24) is 19.6 Å². The lowest BCUT2D eigenvalue weighted by Crippen LogP contribution is -2.35. The molecular formula is C16H22N4O. The molecule has 3 rings (SSSR count). The number of nitrogens with zero attached hydrogens (tertiary/aromatic N) is 3. The molecule has 1 fully saturated rings. The highest BCUT2D eigenvalue weighted by Gasteiger charge is 2.09. The van der Waals surface area contributed by atoms with Crippen LogP contribution in [0, 0.1) is 0 Å². The first-order valence-electron chi connectivity index (χ1n) is 7.73. The van der Waals surface area contributed by atoms with Gasteiger partial charge in [0.25, 0.3) is 5.56 Å². The fourth-order valence-corrected chi connectivity index (χ4v) is 2.83. The number of piperidine rings is 1. The third kappa shape index (κ3) is 3.68. The van der Waals surface area contributed by atoms with Gasteiger partial charge in [0.05, 0.1) is 5.69 Å². The van der Waals surface area contributed by atoms with Crippen molar-refractivity contribution in [1.29, 1.82) is 0 Å². The monoisotopic (exact) mass is 286 g/mol. The fraction of sp³-hybridized carbons (Fsp3) is 0.500. The van der Waals surface area contributed by atoms with Crippen LogP contribution in [0.15, 0.2) is 35.3 Å². The topological polar surface area (TPSA) is 49.6 Å². The van der Waals surface area contributed by atoms with Crippen molar-refractivity contribution in [3.63, 3.8) is 0 Å². The summed E-state index contributed by atoms with van der Waals surface area (Å²) in [5.74, 6) is 0. The predicted molar refractivity (Wildman–Crippen MR) is 83.5 cm³/mol. The summed E-state index contributed by atoms with van der Waals surface area (Å²) in [6.45, 7) is 5.10. The molecule has 0 radical (unpaired) electrons. The highest BCUT2D eigenvalue weighted by atomic mass is 16.1. The first-order chi connectivity index (χ1) is 10.3. The number of aromatic nitrogens is 2. The number of pyridine rings is 1. The number of hydrogen-bond acceptors (Lipinski definition) is 4. The molecule has 0 saturated carbocycles. The molecule has 5 nitrogen and oxygen atoms in total. The highest BCUT2D eigenvalue weighted by Crippen LogP contribution is 2.07. The lowest BCUT2D eigenvalue weighted by Gasteiger charge is -2.26. The van der Waals surface area contributed by atoms with Crippen LogP contribution in [0.5, 0.6) is 0 Å². The second kappa shape index (κ2) is 6.83. The van der Waals surface area contributed by atoms with Crippen molar-refractivity contribution < 1.29 is 0 Å². The van der Waals surface area contributed by atoms with Gasteiger partial charge in [0.2, 0.25) is 0 Å². The van der Waals surface area contributed by atoms with Crippen molar-refractivity contribution in [2.45, 2.75) is 25.8 Å². The van der Waals surface area contributed by atoms with Crippen LogP contribution in [0.2, 0.25) is 0 Å². The fourth-order valence-electron chi connectivity index (χ4n) is 2.83. The van der Waals surface area contributed by atoms with Crippen LogP contribution in [-0.4, -0.2) is 40.5 Å². The molecular weight excluding hydrogens is 264 g/mol. The van der Waals surface area contributed by atoms with Gasteiger partial charge in [-0.25, -0.2) is 4.98 Å². The molecule has 1 aliphatic rings. The van der Waals surface area contributed by atoms with Gasteiger partial charge in [-0.15, -0.1) is 0 Å². The van der Waals surface area contributed by atoms with Crippen LogP contribution in [-0.2, 0) is 6.54 Å². The zero-order valence-corrected chi connectivity index (χ0v) is 12.3. The lowest BCUT2D eigenvalue weighted by molar-refractivity contribution is 0.229. The highest BCUT2D eigenvalue weighted by molar-refractivity contribution is 5.37. The maximum atomic E-state index is 12.0. The third-order valence-corrected chi connectivity index (χ3v) is 3.98. The maximum Gasteiger partial charge on any atom is 0.258 e. The summed E-state index contributed by atoms with van der Waals surface area (Å²) in [6, 6.07) is 7.21. The molecule has 0 amide bonds. The normalized spacial score (nSPS) is 16.4. The quantitative estimate of drug-likeness (QED) is 0.841. The molecule has 5 heteroatoms. The third-order valence-electron chi connectivity index (χ3n) is 3.98. The van der Waals surface area contributed by atoms with E-state index < -0.39 is 0 Å². The van der Waals surface area contributed by atoms with Gasteiger partial charge in [-0.05, 0) is 38.1 Å². The minimum absolute atomic E-state index is 0.0200. The Kier molecular flexibility index (Phi) is 4.62. The summed E-state index contributed by atoms with van der Waals surface area (Å²) in [5, 5.41) is 3.39. The van der Waals surface area contributed by atoms with Gasteiger partial charge in [0.15, 0.2) is 0 Å². The van der Waals surface area contributed by atoms with Crippen molar-refractivity contribution >= 4 is 5.65 Å². The van der Waals surface area contributed by atoms with Crippen LogP contribution in [0.1, 0.15) is 25.0 Å². The zero-order chi connectivity index (χ0) is 14.5. The summed E-state index contributed by atoms with van der Waals surface area (Å²) >= 11 is 0. The van der Waals surface area contributed by atoms with Gasteiger partial charge in [0.1, 0.15) is 5.65 Å². The van der Waals surface area contributed by atoms with E-state index in [0.717, 1.165) is 18.8 Å². The molecule has 1 saturated heterocycles. The number of likely N-dealkylation sites (tertiary alicyclic amines) is 1. The van der Waals surface area contributed by atoms with E-state index in [1.165, 1.54) is 32.4 Å². The number of rotatable bonds is 5. The van der Waals surface area contributed by atoms with Crippen molar-refractivity contribution in [2.24, 2.45) is 0 Å². The van der Waals surface area contributed by atoms with Gasteiger partial charge in [-0.3, -0.25) is 9.20 Å². The molecule has 0 bridgehead atoms. The molecule has 21 heavy (non-hydrogen) atoms. The molecule has 0 aliphatic carbocycles. The maximum absolute atomic E-state index is 12.0. The van der Waals surface area contributed by atoms with Crippen molar-refractivity contribution in [3.8, 4) is 0 Å². The van der Waals surface area contributed by atoms with E-state index in [1.807, 2.05) is 18.2 Å². The van der Waals surface area contributed by atoms with E-state index in [9.17, 15) is 4.79 Å². The van der Waals surface area contributed by atoms with Gasteiger partial charge in [-0.1, -0.05) is 12.5 Å². The summed E-state index contributed by atoms with van der Waals surface area (Å²) in [5.41, 5.74) is 1.50. The minimum Gasteiger partial charge on any atom is -0.310 e. The predicted octanol–water partition coefficient (Wildman–Crippen LogP) is 1.27. The Balaban J connectivity index is 1.54. The molecule has 0 unspecified atom stereocenters. The van der Waals surface area contributed by atoms with E-state index >= 15 is 0 Å².